The molecule has 0 amide bonds. The van der Waals surface area contributed by atoms with Gasteiger partial charge in [0.15, 0.2) is 13.7 Å². The summed E-state index contributed by atoms with van der Waals surface area (Å²) in [5.74, 6) is -0.614. The van der Waals surface area contributed by atoms with E-state index >= 15 is 0 Å². The summed E-state index contributed by atoms with van der Waals surface area (Å²) in [6.45, 7) is 0. The average molecular weight is 210 g/mol. The van der Waals surface area contributed by atoms with Gasteiger partial charge in [-0.05, 0) is 6.07 Å². The molecule has 2 rings (SSSR count). The highest BCUT2D eigenvalue weighted by Gasteiger charge is 2.14. The largest absolute Gasteiger partial charge is 0.305 e. The number of imidazole rings is 1. The molecule has 0 aromatic carbocycles. The molecular weight excluding hydrogens is 205 g/mol. The minimum absolute atomic E-state index is 0.0134. The van der Waals surface area contributed by atoms with Gasteiger partial charge in [0, 0.05) is 6.20 Å². The van der Waals surface area contributed by atoms with E-state index in [9.17, 15) is 9.18 Å². The first-order valence-corrected chi connectivity index (χ1v) is 4.30. The van der Waals surface area contributed by atoms with E-state index in [2.05, 4.69) is 4.98 Å². The third kappa shape index (κ3) is 1.21. The highest BCUT2D eigenvalue weighted by Crippen LogP contribution is 2.21. The molecule has 14 heavy (non-hydrogen) atoms. The monoisotopic (exact) mass is 210 g/mol. The van der Waals surface area contributed by atoms with E-state index in [0.717, 1.165) is 0 Å². The van der Waals surface area contributed by atoms with Crippen molar-refractivity contribution in [3.63, 3.8) is 0 Å². The molecule has 0 saturated heterocycles. The molecule has 2 aromatic rings. The van der Waals surface area contributed by atoms with Gasteiger partial charge in [-0.25, -0.2) is 9.37 Å². The number of carbonyl (C=O) groups excluding carboxylic acids is 1. The lowest BCUT2D eigenvalue weighted by Gasteiger charge is -1.98. The molecular formula is C8H5BClFN2O. The van der Waals surface area contributed by atoms with Crippen molar-refractivity contribution in [1.82, 2.24) is 9.38 Å². The molecule has 0 bridgehead atoms. The number of halogens is 2. The Morgan fingerprint density at radius 3 is 3.00 bits per heavy atom. The van der Waals surface area contributed by atoms with Crippen molar-refractivity contribution in [2.75, 3.05) is 0 Å². The Morgan fingerprint density at radius 2 is 2.36 bits per heavy atom. The Hall–Kier alpha value is -1.36. The maximum Gasteiger partial charge on any atom is 0.195 e. The van der Waals surface area contributed by atoms with Gasteiger partial charge >= 0.3 is 0 Å². The second-order valence-electron chi connectivity index (χ2n) is 2.88. The number of aromatic nitrogens is 2. The lowest BCUT2D eigenvalue weighted by molar-refractivity contribution is 0.107. The van der Waals surface area contributed by atoms with Crippen LogP contribution in [0.4, 0.5) is 4.39 Å². The van der Waals surface area contributed by atoms with Gasteiger partial charge in [0.25, 0.3) is 0 Å². The van der Waals surface area contributed by atoms with Crippen LogP contribution in [0, 0.1) is 5.82 Å². The Balaban J connectivity index is 2.89. The zero-order chi connectivity index (χ0) is 10.3. The number of nitrogens with zero attached hydrogens (tertiary/aromatic N) is 2. The Labute approximate surface area is 84.9 Å². The van der Waals surface area contributed by atoms with Gasteiger partial charge in [-0.2, -0.15) is 0 Å². The van der Waals surface area contributed by atoms with Crippen LogP contribution in [0.15, 0.2) is 18.6 Å². The molecule has 0 radical (unpaired) electrons. The summed E-state index contributed by atoms with van der Waals surface area (Å²) in [5, 5.41) is -0.0134. The summed E-state index contributed by atoms with van der Waals surface area (Å²) in [7, 11) is 1.34. The molecule has 0 fully saturated rings. The topological polar surface area (TPSA) is 34.4 Å². The van der Waals surface area contributed by atoms with Crippen molar-refractivity contribution in [3.8, 4) is 0 Å². The highest BCUT2D eigenvalue weighted by atomic mass is 35.5. The van der Waals surface area contributed by atoms with Gasteiger partial charge in [0.05, 0.1) is 5.02 Å². The van der Waals surface area contributed by atoms with Crippen LogP contribution in [0.5, 0.6) is 0 Å². The quantitative estimate of drug-likeness (QED) is 0.656. The van der Waals surface area contributed by atoms with E-state index in [1.165, 1.54) is 24.6 Å². The van der Waals surface area contributed by atoms with E-state index in [4.69, 9.17) is 11.6 Å². The molecule has 0 saturated carbocycles. The number of hydrogen-bond donors (Lipinski definition) is 0. The van der Waals surface area contributed by atoms with E-state index < -0.39 is 5.82 Å². The van der Waals surface area contributed by atoms with Crippen molar-refractivity contribution in [2.24, 2.45) is 0 Å². The summed E-state index contributed by atoms with van der Waals surface area (Å²) >= 11 is 5.59. The van der Waals surface area contributed by atoms with Gasteiger partial charge in [-0.1, -0.05) is 11.6 Å². The molecule has 2 heterocycles. The number of hydrogen-bond acceptors (Lipinski definition) is 2. The zero-order valence-corrected chi connectivity index (χ0v) is 8.05. The summed E-state index contributed by atoms with van der Waals surface area (Å²) in [5.41, 5.74) is -0.0522. The second kappa shape index (κ2) is 3.10. The van der Waals surface area contributed by atoms with E-state index in [0.29, 0.717) is 0 Å². The molecule has 6 heteroatoms. The van der Waals surface area contributed by atoms with Crippen LogP contribution in [0.25, 0.3) is 5.52 Å². The summed E-state index contributed by atoms with van der Waals surface area (Å²) in [6.07, 6.45) is 2.94. The lowest BCUT2D eigenvalue weighted by atomic mass is 9.99. The van der Waals surface area contributed by atoms with Gasteiger partial charge in [-0.15, -0.1) is 0 Å². The second-order valence-corrected chi connectivity index (χ2v) is 3.29. The minimum Gasteiger partial charge on any atom is -0.305 e. The number of fused-ring (bicyclic) bond motifs is 1. The predicted molar refractivity (Wildman–Crippen MR) is 53.0 cm³/mol. The smallest absolute Gasteiger partial charge is 0.195 e. The summed E-state index contributed by atoms with van der Waals surface area (Å²) in [6, 6.07) is 1.41. The van der Waals surface area contributed by atoms with Crippen molar-refractivity contribution >= 4 is 30.6 Å². The van der Waals surface area contributed by atoms with Crippen LogP contribution in [0.2, 0.25) is 5.02 Å². The Bertz CT molecular complexity index is 525. The fourth-order valence-electron chi connectivity index (χ4n) is 1.28. The number of pyridine rings is 1. The molecule has 3 nitrogen and oxygen atoms in total. The summed E-state index contributed by atoms with van der Waals surface area (Å²) in [4.78, 5) is 14.9. The van der Waals surface area contributed by atoms with Gasteiger partial charge < -0.3 is 9.20 Å². The van der Waals surface area contributed by atoms with Crippen molar-refractivity contribution in [1.29, 1.82) is 0 Å². The Kier molecular flexibility index (Phi) is 2.04. The molecule has 0 spiro atoms. The molecule has 2 aromatic heterocycles. The van der Waals surface area contributed by atoms with E-state index in [1.807, 2.05) is 0 Å². The van der Waals surface area contributed by atoms with Crippen LogP contribution in [-0.2, 0) is 0 Å². The zero-order valence-electron chi connectivity index (χ0n) is 7.29. The highest BCUT2D eigenvalue weighted by molar-refractivity contribution is 6.62. The Morgan fingerprint density at radius 1 is 1.64 bits per heavy atom. The van der Waals surface area contributed by atoms with Crippen molar-refractivity contribution in [3.05, 3.63) is 35.1 Å². The standard InChI is InChI=1S/C8H5BClFN2O/c9-8(14)6-7-5(11)4(10)1-2-13(7)3-12-6/h1-3H,9H2. The van der Waals surface area contributed by atoms with E-state index in [1.54, 1.807) is 6.20 Å². The molecule has 0 N–H and O–H groups in total. The third-order valence-electron chi connectivity index (χ3n) is 1.93. The van der Waals surface area contributed by atoms with Crippen LogP contribution < -0.4 is 0 Å². The fraction of sp³-hybridized carbons (Fsp3) is 0. The average Bonchev–Trinajstić information content (AvgIpc) is 2.55. The summed E-state index contributed by atoms with van der Waals surface area (Å²) < 4.78 is 14.9. The van der Waals surface area contributed by atoms with E-state index in [-0.39, 0.29) is 21.9 Å². The molecule has 0 atom stereocenters. The lowest BCUT2D eigenvalue weighted by Crippen LogP contribution is -2.00. The third-order valence-corrected chi connectivity index (χ3v) is 2.22. The maximum atomic E-state index is 13.5. The molecule has 70 valence electrons. The van der Waals surface area contributed by atoms with Gasteiger partial charge in [0.2, 0.25) is 0 Å². The van der Waals surface area contributed by atoms with Gasteiger partial charge in [0.1, 0.15) is 23.2 Å². The molecule has 0 aliphatic carbocycles. The normalized spacial score (nSPS) is 10.7. The predicted octanol–water partition coefficient (Wildman–Crippen LogP) is 0.900. The minimum atomic E-state index is -0.614. The van der Waals surface area contributed by atoms with Crippen molar-refractivity contribution < 1.29 is 9.18 Å². The molecule has 0 aliphatic heterocycles. The SMILES string of the molecule is BC(=O)c1ncn2ccc(Cl)c(F)c12. The van der Waals surface area contributed by atoms with Crippen molar-refractivity contribution in [2.45, 2.75) is 0 Å². The van der Waals surface area contributed by atoms with Crippen LogP contribution >= 0.6 is 11.6 Å². The molecule has 0 aliphatic rings. The van der Waals surface area contributed by atoms with Crippen LogP contribution in [0.1, 0.15) is 10.5 Å². The van der Waals surface area contributed by atoms with Crippen LogP contribution in [0.3, 0.4) is 0 Å². The first-order valence-electron chi connectivity index (χ1n) is 3.93. The molecule has 0 unspecified atom stereocenters. The van der Waals surface area contributed by atoms with Crippen LogP contribution in [-0.4, -0.2) is 22.9 Å². The number of rotatable bonds is 1. The van der Waals surface area contributed by atoms with Gasteiger partial charge in [-0.3, -0.25) is 0 Å². The first-order chi connectivity index (χ1) is 6.61. The number of carbonyl (C=O) groups is 1. The first kappa shape index (κ1) is 9.21. The maximum absolute atomic E-state index is 13.5. The fourth-order valence-corrected chi connectivity index (χ4v) is 1.43.